The van der Waals surface area contributed by atoms with E-state index in [1.165, 1.54) is 23.1 Å². The summed E-state index contributed by atoms with van der Waals surface area (Å²) in [5.41, 5.74) is 2.33. The highest BCUT2D eigenvalue weighted by molar-refractivity contribution is 6.46. The molecule has 0 bridgehead atoms. The topological polar surface area (TPSA) is 113 Å². The number of carbonyl (C=O) groups excluding carboxylic acids is 2. The van der Waals surface area contributed by atoms with Crippen molar-refractivity contribution in [1.82, 2.24) is 9.80 Å². The third-order valence-corrected chi connectivity index (χ3v) is 6.56. The number of hydrogen-bond acceptors (Lipinski definition) is 7. The number of likely N-dealkylation sites (tertiary alicyclic amines) is 1. The number of benzene rings is 2. The molecule has 2 aliphatic rings. The van der Waals surface area contributed by atoms with Gasteiger partial charge in [0.25, 0.3) is 17.4 Å². The Morgan fingerprint density at radius 3 is 2.57 bits per heavy atom. The van der Waals surface area contributed by atoms with Crippen molar-refractivity contribution in [3.63, 3.8) is 0 Å². The van der Waals surface area contributed by atoms with Crippen LogP contribution in [0.25, 0.3) is 5.76 Å². The number of ether oxygens (including phenoxy) is 1. The van der Waals surface area contributed by atoms with E-state index < -0.39 is 22.7 Å². The Morgan fingerprint density at radius 2 is 1.86 bits per heavy atom. The Balaban J connectivity index is 1.74. The Kier molecular flexibility index (Phi) is 7.28. The normalized spacial score (nSPS) is 20.4. The first kappa shape index (κ1) is 24.6. The maximum absolute atomic E-state index is 13.2. The summed E-state index contributed by atoms with van der Waals surface area (Å²) in [7, 11) is 0. The summed E-state index contributed by atoms with van der Waals surface area (Å²) in [5, 5.41) is 22.7. The zero-order chi connectivity index (χ0) is 25.1. The van der Waals surface area contributed by atoms with Crippen molar-refractivity contribution in [1.29, 1.82) is 0 Å². The zero-order valence-electron chi connectivity index (χ0n) is 19.9. The van der Waals surface area contributed by atoms with Crippen LogP contribution < -0.4 is 0 Å². The number of Topliss-reactive ketones (excluding diaryl/α,β-unsaturated/α-hetero) is 1. The quantitative estimate of drug-likeness (QED) is 0.213. The summed E-state index contributed by atoms with van der Waals surface area (Å²) in [6.07, 6.45) is 0.613. The minimum absolute atomic E-state index is 0.0458. The second-order valence-corrected chi connectivity index (χ2v) is 8.97. The number of hydrogen-bond donors (Lipinski definition) is 1. The summed E-state index contributed by atoms with van der Waals surface area (Å²) in [6.45, 7) is 7.62. The zero-order valence-corrected chi connectivity index (χ0v) is 19.9. The summed E-state index contributed by atoms with van der Waals surface area (Å²) in [5.74, 6) is -1.77. The van der Waals surface area contributed by atoms with Gasteiger partial charge in [-0.25, -0.2) is 0 Å². The highest BCUT2D eigenvalue weighted by atomic mass is 16.6. The molecule has 2 aliphatic heterocycles. The van der Waals surface area contributed by atoms with E-state index in [1.807, 2.05) is 26.0 Å². The van der Waals surface area contributed by atoms with Crippen LogP contribution in [0.3, 0.4) is 0 Å². The molecule has 2 aromatic rings. The summed E-state index contributed by atoms with van der Waals surface area (Å²) < 4.78 is 5.38. The summed E-state index contributed by atoms with van der Waals surface area (Å²) in [4.78, 5) is 40.9. The lowest BCUT2D eigenvalue weighted by molar-refractivity contribution is -0.384. The Bertz CT molecular complexity index is 1190. The molecule has 1 amide bonds. The van der Waals surface area contributed by atoms with Crippen molar-refractivity contribution >= 4 is 23.1 Å². The molecule has 1 N–H and O–H groups in total. The van der Waals surface area contributed by atoms with Crippen molar-refractivity contribution in [2.45, 2.75) is 26.3 Å². The first-order chi connectivity index (χ1) is 16.8. The van der Waals surface area contributed by atoms with Gasteiger partial charge in [-0.15, -0.1) is 0 Å². The van der Waals surface area contributed by atoms with Gasteiger partial charge in [0.15, 0.2) is 0 Å². The fourth-order valence-electron chi connectivity index (χ4n) is 4.69. The molecule has 9 heteroatoms. The molecule has 2 saturated heterocycles. The van der Waals surface area contributed by atoms with Crippen LogP contribution >= 0.6 is 0 Å². The Morgan fingerprint density at radius 1 is 1.11 bits per heavy atom. The van der Waals surface area contributed by atoms with Gasteiger partial charge in [0.05, 0.1) is 29.8 Å². The lowest BCUT2D eigenvalue weighted by Crippen LogP contribution is -2.39. The molecule has 0 radical (unpaired) electrons. The van der Waals surface area contributed by atoms with Gasteiger partial charge in [-0.3, -0.25) is 24.6 Å². The van der Waals surface area contributed by atoms with Gasteiger partial charge >= 0.3 is 0 Å². The summed E-state index contributed by atoms with van der Waals surface area (Å²) in [6, 6.07) is 10.5. The Labute approximate surface area is 203 Å². The lowest BCUT2D eigenvalue weighted by atomic mass is 9.93. The van der Waals surface area contributed by atoms with Crippen molar-refractivity contribution < 1.29 is 24.4 Å². The number of carbonyl (C=O) groups is 2. The molecule has 0 saturated carbocycles. The van der Waals surface area contributed by atoms with Gasteiger partial charge in [0, 0.05) is 43.9 Å². The van der Waals surface area contributed by atoms with E-state index in [-0.39, 0.29) is 23.6 Å². The molecule has 0 spiro atoms. The molecule has 184 valence electrons. The number of ketones is 1. The molecule has 0 aromatic heterocycles. The molecule has 35 heavy (non-hydrogen) atoms. The molecule has 0 aliphatic carbocycles. The first-order valence-corrected chi connectivity index (χ1v) is 11.7. The van der Waals surface area contributed by atoms with Crippen molar-refractivity contribution in [3.05, 3.63) is 80.4 Å². The van der Waals surface area contributed by atoms with Crippen LogP contribution in [0.4, 0.5) is 5.69 Å². The molecular weight excluding hydrogens is 450 g/mol. The monoisotopic (exact) mass is 479 g/mol. The number of aliphatic hydroxyl groups is 1. The number of nitro benzene ring substituents is 1. The minimum atomic E-state index is -0.917. The van der Waals surface area contributed by atoms with Crippen LogP contribution in [0.5, 0.6) is 0 Å². The lowest BCUT2D eigenvalue weighted by Gasteiger charge is -2.29. The average molecular weight is 480 g/mol. The number of non-ortho nitro benzene ring substituents is 1. The number of nitrogens with zero attached hydrogens (tertiary/aromatic N) is 3. The fourth-order valence-corrected chi connectivity index (χ4v) is 4.69. The third kappa shape index (κ3) is 5.11. The molecule has 1 unspecified atom stereocenters. The number of morpholine rings is 1. The van der Waals surface area contributed by atoms with Crippen molar-refractivity contribution in [2.75, 3.05) is 39.4 Å². The standard InChI is InChI=1S/C26H29N3O6/c1-17-7-8-18(2)21(15-17)24(30)22-23(19-5-3-6-20(16-19)29(33)34)28(26(32)25(22)31)10-4-9-27-11-13-35-14-12-27/h3,5-8,15-16,23,30H,4,9-14H2,1-2H3/b24-22+. The number of nitro groups is 1. The smallest absolute Gasteiger partial charge is 0.295 e. The van der Waals surface area contributed by atoms with Crippen LogP contribution in [-0.4, -0.2) is 70.9 Å². The molecular formula is C26H29N3O6. The van der Waals surface area contributed by atoms with Crippen LogP contribution in [0.2, 0.25) is 0 Å². The third-order valence-electron chi connectivity index (χ3n) is 6.56. The van der Waals surface area contributed by atoms with Gasteiger partial charge in [0.2, 0.25) is 0 Å². The first-order valence-electron chi connectivity index (χ1n) is 11.7. The van der Waals surface area contributed by atoms with E-state index in [1.54, 1.807) is 12.1 Å². The van der Waals surface area contributed by atoms with Crippen molar-refractivity contribution in [3.8, 4) is 0 Å². The average Bonchev–Trinajstić information content (AvgIpc) is 3.11. The maximum atomic E-state index is 13.2. The largest absolute Gasteiger partial charge is 0.507 e. The van der Waals surface area contributed by atoms with Gasteiger partial charge in [-0.05, 0) is 37.5 Å². The molecule has 4 rings (SSSR count). The molecule has 2 heterocycles. The second-order valence-electron chi connectivity index (χ2n) is 8.97. The summed E-state index contributed by atoms with van der Waals surface area (Å²) >= 11 is 0. The predicted molar refractivity (Wildman–Crippen MR) is 130 cm³/mol. The Hall–Kier alpha value is -3.56. The molecule has 1 atom stereocenters. The van der Waals surface area contributed by atoms with E-state index in [4.69, 9.17) is 4.74 Å². The number of rotatable bonds is 7. The minimum Gasteiger partial charge on any atom is -0.507 e. The van der Waals surface area contributed by atoms with Gasteiger partial charge in [-0.1, -0.05) is 29.8 Å². The number of aliphatic hydroxyl groups excluding tert-OH is 1. The van der Waals surface area contributed by atoms with E-state index in [0.29, 0.717) is 30.8 Å². The van der Waals surface area contributed by atoms with Crippen molar-refractivity contribution in [2.24, 2.45) is 0 Å². The van der Waals surface area contributed by atoms with Gasteiger partial charge in [0.1, 0.15) is 5.76 Å². The highest BCUT2D eigenvalue weighted by Crippen LogP contribution is 2.40. The SMILES string of the molecule is Cc1ccc(C)c(/C(O)=C2\C(=O)C(=O)N(CCCN3CCOCC3)C2c2cccc([N+](=O)[O-])c2)c1. The van der Waals surface area contributed by atoms with E-state index >= 15 is 0 Å². The second kappa shape index (κ2) is 10.4. The molecule has 2 fully saturated rings. The van der Waals surface area contributed by atoms with E-state index in [0.717, 1.165) is 30.8 Å². The number of aryl methyl sites for hydroxylation is 2. The van der Waals surface area contributed by atoms with E-state index in [9.17, 15) is 24.8 Å². The van der Waals surface area contributed by atoms with Gasteiger partial charge in [-0.2, -0.15) is 0 Å². The van der Waals surface area contributed by atoms with Crippen LogP contribution in [0.15, 0.2) is 48.0 Å². The molecule has 2 aromatic carbocycles. The number of amides is 1. The fraction of sp³-hybridized carbons (Fsp3) is 0.385. The predicted octanol–water partition coefficient (Wildman–Crippen LogP) is 3.36. The molecule has 9 nitrogen and oxygen atoms in total. The van der Waals surface area contributed by atoms with Crippen LogP contribution in [-0.2, 0) is 14.3 Å². The maximum Gasteiger partial charge on any atom is 0.295 e. The van der Waals surface area contributed by atoms with Crippen LogP contribution in [0, 0.1) is 24.0 Å². The highest BCUT2D eigenvalue weighted by Gasteiger charge is 2.46. The van der Waals surface area contributed by atoms with E-state index in [2.05, 4.69) is 4.90 Å². The van der Waals surface area contributed by atoms with Crippen LogP contribution in [0.1, 0.15) is 34.7 Å². The van der Waals surface area contributed by atoms with Gasteiger partial charge < -0.3 is 14.7 Å².